The lowest BCUT2D eigenvalue weighted by Crippen LogP contribution is -2.52. The van der Waals surface area contributed by atoms with Crippen LogP contribution in [0.15, 0.2) is 0 Å². The van der Waals surface area contributed by atoms with Crippen molar-refractivity contribution in [3.05, 3.63) is 0 Å². The first kappa shape index (κ1) is 17.9. The van der Waals surface area contributed by atoms with Gasteiger partial charge >= 0.3 is 18.3 Å². The zero-order valence-corrected chi connectivity index (χ0v) is 11.9. The summed E-state index contributed by atoms with van der Waals surface area (Å²) < 4.78 is 77.7. The van der Waals surface area contributed by atoms with Crippen LogP contribution in [0, 0.1) is 17.3 Å². The van der Waals surface area contributed by atoms with Gasteiger partial charge in [0.25, 0.3) is 0 Å². The molecule has 0 unspecified atom stereocenters. The average Bonchev–Trinajstić information content (AvgIpc) is 3.04. The second-order valence-corrected chi connectivity index (χ2v) is 6.13. The van der Waals surface area contributed by atoms with E-state index in [9.17, 15) is 35.9 Å². The van der Waals surface area contributed by atoms with Gasteiger partial charge in [0.2, 0.25) is 5.91 Å². The van der Waals surface area contributed by atoms with Gasteiger partial charge in [-0.15, -0.1) is 0 Å². The summed E-state index contributed by atoms with van der Waals surface area (Å²) in [5.41, 5.74) is -3.90. The predicted octanol–water partition coefficient (Wildman–Crippen LogP) is 2.83. The van der Waals surface area contributed by atoms with Crippen LogP contribution in [0.25, 0.3) is 0 Å². The first-order valence-corrected chi connectivity index (χ1v) is 7.04. The number of hydrogen-bond donors (Lipinski definition) is 1. The van der Waals surface area contributed by atoms with E-state index in [0.717, 1.165) is 0 Å². The molecular weight excluding hydrogens is 332 g/mol. The fourth-order valence-corrected chi connectivity index (χ4v) is 3.31. The van der Waals surface area contributed by atoms with Crippen LogP contribution in [-0.2, 0) is 9.59 Å². The smallest absolute Gasteiger partial charge is 0.404 e. The molecule has 1 N–H and O–H groups in total. The molecule has 10 heteroatoms. The largest absolute Gasteiger partial charge is 0.481 e. The topological polar surface area (TPSA) is 57.6 Å². The van der Waals surface area contributed by atoms with E-state index in [4.69, 9.17) is 5.11 Å². The van der Waals surface area contributed by atoms with E-state index in [2.05, 4.69) is 0 Å². The molecule has 23 heavy (non-hydrogen) atoms. The molecule has 4 nitrogen and oxygen atoms in total. The molecule has 0 radical (unpaired) electrons. The summed E-state index contributed by atoms with van der Waals surface area (Å²) in [4.78, 5) is 23.6. The van der Waals surface area contributed by atoms with Crippen LogP contribution in [0.5, 0.6) is 0 Å². The highest BCUT2D eigenvalue weighted by molar-refractivity contribution is 5.81. The number of carbonyl (C=O) groups excluding carboxylic acids is 1. The van der Waals surface area contributed by atoms with Crippen LogP contribution < -0.4 is 0 Å². The lowest BCUT2D eigenvalue weighted by molar-refractivity contribution is -0.334. The van der Waals surface area contributed by atoms with E-state index in [0.29, 0.717) is 4.90 Å². The van der Waals surface area contributed by atoms with E-state index in [1.165, 1.54) is 0 Å². The Kier molecular flexibility index (Phi) is 4.31. The van der Waals surface area contributed by atoms with Crippen molar-refractivity contribution in [3.8, 4) is 0 Å². The molecule has 132 valence electrons. The third kappa shape index (κ3) is 2.99. The van der Waals surface area contributed by atoms with Gasteiger partial charge < -0.3 is 10.0 Å². The molecule has 0 spiro atoms. The highest BCUT2D eigenvalue weighted by Gasteiger charge is 2.73. The minimum atomic E-state index is -5.50. The Morgan fingerprint density at radius 1 is 1.00 bits per heavy atom. The fourth-order valence-electron chi connectivity index (χ4n) is 3.31. The van der Waals surface area contributed by atoms with Crippen molar-refractivity contribution in [2.75, 3.05) is 13.1 Å². The number of carbonyl (C=O) groups is 2. The van der Waals surface area contributed by atoms with E-state index < -0.39 is 61.0 Å². The number of amides is 1. The summed E-state index contributed by atoms with van der Waals surface area (Å²) >= 11 is 0. The maximum Gasteiger partial charge on any atom is 0.404 e. The predicted molar refractivity (Wildman–Crippen MR) is 64.2 cm³/mol. The number of alkyl halides is 6. The van der Waals surface area contributed by atoms with Gasteiger partial charge in [-0.05, 0) is 25.7 Å². The molecule has 1 heterocycles. The summed E-state index contributed by atoms with van der Waals surface area (Å²) in [6.07, 6.45) is -11.9. The van der Waals surface area contributed by atoms with Gasteiger partial charge in [-0.25, -0.2) is 0 Å². The van der Waals surface area contributed by atoms with Gasteiger partial charge in [0.05, 0.1) is 5.92 Å². The zero-order chi connectivity index (χ0) is 17.6. The van der Waals surface area contributed by atoms with Gasteiger partial charge in [0, 0.05) is 19.0 Å². The summed E-state index contributed by atoms with van der Waals surface area (Å²) in [7, 11) is 0. The second kappa shape index (κ2) is 5.55. The summed E-state index contributed by atoms with van der Waals surface area (Å²) in [6.45, 7) is -2.08. The minimum absolute atomic E-state index is 0.0459. The number of likely N-dealkylation sites (tertiary alicyclic amines) is 1. The van der Waals surface area contributed by atoms with Crippen molar-refractivity contribution < 1.29 is 41.0 Å². The SMILES string of the molecule is O=C(O)[C@@H]1CC[C@H](C(=O)N2CCC(C(F)(F)F)(C(F)(F)F)C2)C1. The number of nitrogens with zero attached hydrogens (tertiary/aromatic N) is 1. The maximum atomic E-state index is 13.0. The summed E-state index contributed by atoms with van der Waals surface area (Å²) in [5, 5.41) is 8.85. The van der Waals surface area contributed by atoms with Crippen molar-refractivity contribution in [3.63, 3.8) is 0 Å². The van der Waals surface area contributed by atoms with Crippen molar-refractivity contribution >= 4 is 11.9 Å². The van der Waals surface area contributed by atoms with Gasteiger partial charge in [-0.2, -0.15) is 26.3 Å². The average molecular weight is 347 g/mol. The number of carboxylic acid groups (broad SMARTS) is 1. The summed E-state index contributed by atoms with van der Waals surface area (Å²) in [5.74, 6) is -3.53. The van der Waals surface area contributed by atoms with Crippen LogP contribution in [-0.4, -0.2) is 47.3 Å². The summed E-state index contributed by atoms with van der Waals surface area (Å²) in [6, 6.07) is 0. The molecule has 0 aromatic heterocycles. The van der Waals surface area contributed by atoms with Crippen LogP contribution in [0.1, 0.15) is 25.7 Å². The van der Waals surface area contributed by atoms with Crippen LogP contribution in [0.3, 0.4) is 0 Å². The lowest BCUT2D eigenvalue weighted by Gasteiger charge is -2.33. The molecule has 0 aromatic rings. The van der Waals surface area contributed by atoms with Gasteiger partial charge in [0.15, 0.2) is 5.41 Å². The van der Waals surface area contributed by atoms with E-state index >= 15 is 0 Å². The first-order valence-electron chi connectivity index (χ1n) is 7.04. The Labute approximate surface area is 127 Å². The third-order valence-corrected chi connectivity index (χ3v) is 4.80. The van der Waals surface area contributed by atoms with Crippen molar-refractivity contribution in [2.45, 2.75) is 38.0 Å². The number of halogens is 6. The standard InChI is InChI=1S/C13H15F6NO3/c14-12(15,16)11(13(17,18)19)3-4-20(6-11)9(21)7-1-2-8(5-7)10(22)23/h7-8H,1-6H2,(H,22,23)/t7-,8+/m0/s1. The highest BCUT2D eigenvalue weighted by atomic mass is 19.4. The van der Waals surface area contributed by atoms with Gasteiger partial charge in [0.1, 0.15) is 0 Å². The molecule has 2 atom stereocenters. The van der Waals surface area contributed by atoms with Crippen molar-refractivity contribution in [2.24, 2.45) is 17.3 Å². The van der Waals surface area contributed by atoms with Gasteiger partial charge in [-0.3, -0.25) is 9.59 Å². The quantitative estimate of drug-likeness (QED) is 0.782. The van der Waals surface area contributed by atoms with Crippen LogP contribution in [0.2, 0.25) is 0 Å². The molecule has 1 saturated heterocycles. The molecule has 1 aliphatic carbocycles. The molecule has 1 saturated carbocycles. The van der Waals surface area contributed by atoms with E-state index in [1.807, 2.05) is 0 Å². The molecule has 0 bridgehead atoms. The van der Waals surface area contributed by atoms with E-state index in [1.54, 1.807) is 0 Å². The van der Waals surface area contributed by atoms with Crippen molar-refractivity contribution in [1.29, 1.82) is 0 Å². The number of aliphatic carboxylic acids is 1. The number of rotatable bonds is 2. The Morgan fingerprint density at radius 2 is 1.52 bits per heavy atom. The molecular formula is C13H15F6NO3. The lowest BCUT2D eigenvalue weighted by atomic mass is 9.85. The Balaban J connectivity index is 2.13. The molecule has 1 amide bonds. The fraction of sp³-hybridized carbons (Fsp3) is 0.846. The Bertz CT molecular complexity index is 487. The Hall–Kier alpha value is -1.48. The highest BCUT2D eigenvalue weighted by Crippen LogP contribution is 2.55. The van der Waals surface area contributed by atoms with E-state index in [-0.39, 0.29) is 19.3 Å². The molecule has 2 aliphatic rings. The number of hydrogen-bond acceptors (Lipinski definition) is 2. The van der Waals surface area contributed by atoms with Crippen LogP contribution >= 0.6 is 0 Å². The molecule has 2 rings (SSSR count). The third-order valence-electron chi connectivity index (χ3n) is 4.80. The second-order valence-electron chi connectivity index (χ2n) is 6.13. The normalized spacial score (nSPS) is 28.2. The maximum absolute atomic E-state index is 13.0. The number of carboxylic acids is 1. The monoisotopic (exact) mass is 347 g/mol. The molecule has 0 aromatic carbocycles. The molecule has 2 fully saturated rings. The van der Waals surface area contributed by atoms with Crippen LogP contribution in [0.4, 0.5) is 26.3 Å². The molecule has 1 aliphatic heterocycles. The first-order chi connectivity index (χ1) is 10.4. The minimum Gasteiger partial charge on any atom is -0.481 e. The van der Waals surface area contributed by atoms with Gasteiger partial charge in [-0.1, -0.05) is 0 Å². The Morgan fingerprint density at radius 3 is 1.91 bits per heavy atom. The van der Waals surface area contributed by atoms with Crippen molar-refractivity contribution in [1.82, 2.24) is 4.90 Å². The zero-order valence-electron chi connectivity index (χ0n) is 11.9.